The molecule has 1 aromatic rings. The van der Waals surface area contributed by atoms with Gasteiger partial charge in [-0.25, -0.2) is 0 Å². The Hall–Kier alpha value is 0.01000. The van der Waals surface area contributed by atoms with E-state index in [1.807, 2.05) is 19.1 Å². The average Bonchev–Trinajstić information content (AvgIpc) is 2.72. The topological polar surface area (TPSA) is 32.3 Å². The van der Waals surface area contributed by atoms with Gasteiger partial charge in [-0.05, 0) is 37.6 Å². The van der Waals surface area contributed by atoms with Gasteiger partial charge in [-0.15, -0.1) is 12.4 Å². The van der Waals surface area contributed by atoms with Gasteiger partial charge in [-0.3, -0.25) is 0 Å². The summed E-state index contributed by atoms with van der Waals surface area (Å²) in [6.45, 7) is 3.53. The molecule has 2 atom stereocenters. The third kappa shape index (κ3) is 2.72. The minimum absolute atomic E-state index is 0. The number of rotatable bonds is 2. The van der Waals surface area contributed by atoms with Crippen molar-refractivity contribution in [1.82, 2.24) is 5.32 Å². The number of aliphatic hydroxyl groups is 1. The number of aliphatic hydroxyl groups excluding tert-OH is 1. The molecule has 96 valence electrons. The van der Waals surface area contributed by atoms with E-state index in [-0.39, 0.29) is 17.8 Å². The SMILES string of the molecule is CC(O)C1(c2ccc(Cl)c(Cl)c2)CCNC1.Cl. The third-order valence-corrected chi connectivity index (χ3v) is 4.22. The van der Waals surface area contributed by atoms with E-state index in [0.717, 1.165) is 25.1 Å². The minimum atomic E-state index is -0.403. The molecule has 0 spiro atoms. The lowest BCUT2D eigenvalue weighted by Crippen LogP contribution is -2.39. The smallest absolute Gasteiger partial charge is 0.0621 e. The zero-order chi connectivity index (χ0) is 11.8. The summed E-state index contributed by atoms with van der Waals surface area (Å²) in [7, 11) is 0. The number of halogens is 3. The van der Waals surface area contributed by atoms with Crippen LogP contribution in [0.2, 0.25) is 10.0 Å². The van der Waals surface area contributed by atoms with Crippen LogP contribution in [0.4, 0.5) is 0 Å². The maximum atomic E-state index is 10.0. The third-order valence-electron chi connectivity index (χ3n) is 3.48. The monoisotopic (exact) mass is 295 g/mol. The first-order valence-electron chi connectivity index (χ1n) is 5.40. The molecule has 0 radical (unpaired) electrons. The van der Waals surface area contributed by atoms with Crippen molar-refractivity contribution in [2.24, 2.45) is 0 Å². The Morgan fingerprint density at radius 3 is 2.53 bits per heavy atom. The van der Waals surface area contributed by atoms with Gasteiger partial charge >= 0.3 is 0 Å². The van der Waals surface area contributed by atoms with Crippen LogP contribution >= 0.6 is 35.6 Å². The highest BCUT2D eigenvalue weighted by Crippen LogP contribution is 2.37. The Bertz CT molecular complexity index is 389. The number of hydrogen-bond acceptors (Lipinski definition) is 2. The molecule has 1 saturated heterocycles. The Balaban J connectivity index is 0.00000144. The molecule has 1 heterocycles. The lowest BCUT2D eigenvalue weighted by molar-refractivity contribution is 0.107. The molecule has 17 heavy (non-hydrogen) atoms. The summed E-state index contributed by atoms with van der Waals surface area (Å²) in [5, 5.41) is 14.4. The van der Waals surface area contributed by atoms with Gasteiger partial charge in [0.25, 0.3) is 0 Å². The van der Waals surface area contributed by atoms with Crippen molar-refractivity contribution in [1.29, 1.82) is 0 Å². The summed E-state index contributed by atoms with van der Waals surface area (Å²) >= 11 is 11.9. The van der Waals surface area contributed by atoms with Crippen molar-refractivity contribution >= 4 is 35.6 Å². The van der Waals surface area contributed by atoms with Gasteiger partial charge in [0.2, 0.25) is 0 Å². The summed E-state index contributed by atoms with van der Waals surface area (Å²) in [6.07, 6.45) is 0.516. The van der Waals surface area contributed by atoms with Crippen LogP contribution in [0.5, 0.6) is 0 Å². The molecule has 2 N–H and O–H groups in total. The van der Waals surface area contributed by atoms with Crippen LogP contribution in [0.15, 0.2) is 18.2 Å². The van der Waals surface area contributed by atoms with Crippen LogP contribution in [-0.2, 0) is 5.41 Å². The maximum absolute atomic E-state index is 10.0. The zero-order valence-corrected chi connectivity index (χ0v) is 11.9. The molecule has 0 bridgehead atoms. The molecule has 0 aliphatic carbocycles. The van der Waals surface area contributed by atoms with Gasteiger partial charge in [-0.1, -0.05) is 29.3 Å². The first-order valence-corrected chi connectivity index (χ1v) is 6.16. The largest absolute Gasteiger partial charge is 0.392 e. The molecular weight excluding hydrogens is 280 g/mol. The van der Waals surface area contributed by atoms with Crippen molar-refractivity contribution in [2.75, 3.05) is 13.1 Å². The Labute approximate surface area is 118 Å². The fourth-order valence-corrected chi connectivity index (χ4v) is 2.66. The van der Waals surface area contributed by atoms with Crippen LogP contribution < -0.4 is 5.32 Å². The number of benzene rings is 1. The van der Waals surface area contributed by atoms with Crippen LogP contribution in [0.3, 0.4) is 0 Å². The normalized spacial score (nSPS) is 25.4. The minimum Gasteiger partial charge on any atom is -0.392 e. The van der Waals surface area contributed by atoms with Crippen molar-refractivity contribution in [3.8, 4) is 0 Å². The Kier molecular flexibility index (Phi) is 5.11. The highest BCUT2D eigenvalue weighted by molar-refractivity contribution is 6.42. The molecule has 2 nitrogen and oxygen atoms in total. The summed E-state index contributed by atoms with van der Waals surface area (Å²) < 4.78 is 0. The maximum Gasteiger partial charge on any atom is 0.0621 e. The van der Waals surface area contributed by atoms with Gasteiger partial charge in [-0.2, -0.15) is 0 Å². The van der Waals surface area contributed by atoms with Gasteiger partial charge in [0.1, 0.15) is 0 Å². The predicted octanol–water partition coefficient (Wildman–Crippen LogP) is 3.03. The molecule has 2 unspecified atom stereocenters. The van der Waals surface area contributed by atoms with E-state index in [2.05, 4.69) is 5.32 Å². The quantitative estimate of drug-likeness (QED) is 0.879. The average molecular weight is 297 g/mol. The fraction of sp³-hybridized carbons (Fsp3) is 0.500. The second kappa shape index (κ2) is 5.77. The van der Waals surface area contributed by atoms with E-state index in [9.17, 15) is 5.11 Å². The van der Waals surface area contributed by atoms with Crippen molar-refractivity contribution in [3.05, 3.63) is 33.8 Å². The van der Waals surface area contributed by atoms with Gasteiger partial charge in [0, 0.05) is 12.0 Å². The second-order valence-corrected chi connectivity index (χ2v) is 5.20. The van der Waals surface area contributed by atoms with Gasteiger partial charge in [0.05, 0.1) is 16.1 Å². The summed E-state index contributed by atoms with van der Waals surface area (Å²) in [6, 6.07) is 5.61. The molecule has 1 aliphatic heterocycles. The summed E-state index contributed by atoms with van der Waals surface area (Å²) in [5.74, 6) is 0. The molecule has 1 fully saturated rings. The fourth-order valence-electron chi connectivity index (χ4n) is 2.36. The molecular formula is C12H16Cl3NO. The van der Waals surface area contributed by atoms with E-state index in [4.69, 9.17) is 23.2 Å². The Morgan fingerprint density at radius 1 is 1.35 bits per heavy atom. The zero-order valence-electron chi connectivity index (χ0n) is 9.54. The first kappa shape index (κ1) is 15.1. The van der Waals surface area contributed by atoms with Gasteiger partial charge in [0.15, 0.2) is 0 Å². The highest BCUT2D eigenvalue weighted by Gasteiger charge is 2.40. The van der Waals surface area contributed by atoms with E-state index in [1.165, 1.54) is 0 Å². The van der Waals surface area contributed by atoms with Crippen molar-refractivity contribution < 1.29 is 5.11 Å². The van der Waals surface area contributed by atoms with Crippen molar-refractivity contribution in [3.63, 3.8) is 0 Å². The molecule has 2 rings (SSSR count). The molecule has 0 amide bonds. The Morgan fingerprint density at radius 2 is 2.06 bits per heavy atom. The summed E-state index contributed by atoms with van der Waals surface area (Å²) in [5.41, 5.74) is 0.829. The standard InChI is InChI=1S/C12H15Cl2NO.ClH/c1-8(16)12(4-5-15-7-12)9-2-3-10(13)11(14)6-9;/h2-3,6,8,15-16H,4-5,7H2,1H3;1H. The van der Waals surface area contributed by atoms with E-state index in [0.29, 0.717) is 10.0 Å². The number of nitrogens with one attached hydrogen (secondary N) is 1. The van der Waals surface area contributed by atoms with E-state index in [1.54, 1.807) is 6.07 Å². The van der Waals surface area contributed by atoms with E-state index < -0.39 is 6.10 Å². The lowest BCUT2D eigenvalue weighted by Gasteiger charge is -2.32. The second-order valence-electron chi connectivity index (χ2n) is 4.39. The van der Waals surface area contributed by atoms with Crippen LogP contribution in [0.1, 0.15) is 18.9 Å². The first-order chi connectivity index (χ1) is 7.56. The van der Waals surface area contributed by atoms with Crippen molar-refractivity contribution in [2.45, 2.75) is 24.9 Å². The molecule has 1 aliphatic rings. The predicted molar refractivity (Wildman–Crippen MR) is 74.6 cm³/mol. The highest BCUT2D eigenvalue weighted by atomic mass is 35.5. The van der Waals surface area contributed by atoms with Crippen LogP contribution in [-0.4, -0.2) is 24.3 Å². The number of hydrogen-bond donors (Lipinski definition) is 2. The molecule has 1 aromatic carbocycles. The molecule has 0 aromatic heterocycles. The van der Waals surface area contributed by atoms with Crippen LogP contribution in [0, 0.1) is 0 Å². The van der Waals surface area contributed by atoms with E-state index >= 15 is 0 Å². The van der Waals surface area contributed by atoms with Crippen LogP contribution in [0.25, 0.3) is 0 Å². The lowest BCUT2D eigenvalue weighted by atomic mass is 9.75. The molecule has 0 saturated carbocycles. The molecule has 5 heteroatoms. The summed E-state index contributed by atoms with van der Waals surface area (Å²) in [4.78, 5) is 0. The van der Waals surface area contributed by atoms with Gasteiger partial charge < -0.3 is 10.4 Å².